The number of ether oxygens (including phenoxy) is 4. The van der Waals surface area contributed by atoms with E-state index in [0.717, 1.165) is 36.9 Å². The second-order valence-corrected chi connectivity index (χ2v) is 10.1. The number of halogens is 4. The number of hydrogen-bond acceptors (Lipinski definition) is 7. The molecule has 2 fully saturated rings. The Morgan fingerprint density at radius 2 is 1.80 bits per heavy atom. The minimum atomic E-state index is -4.41. The number of esters is 1. The predicted molar refractivity (Wildman–Crippen MR) is 140 cm³/mol. The highest BCUT2D eigenvalue weighted by molar-refractivity contribution is 5.76. The van der Waals surface area contributed by atoms with Gasteiger partial charge in [0, 0.05) is 30.3 Å². The number of nitrogens with one attached hydrogen (secondary N) is 2. The molecule has 0 aromatic heterocycles. The Kier molecular flexibility index (Phi) is 10.3. The summed E-state index contributed by atoms with van der Waals surface area (Å²) >= 11 is 0. The topological polar surface area (TPSA) is 78.1 Å². The van der Waals surface area contributed by atoms with Gasteiger partial charge < -0.3 is 29.6 Å². The van der Waals surface area contributed by atoms with Crippen molar-refractivity contribution in [2.45, 2.75) is 75.8 Å². The SMILES string of the molecule is CCOC(=O)C(F)(F)Oc1c(F)cc(F)cc1C1CCC(OCC2NCCC2NCc2ccc(OC)cc2)CC1. The number of benzene rings is 2. The smallest absolute Gasteiger partial charge is 0.497 e. The average Bonchev–Trinajstić information content (AvgIpc) is 3.40. The summed E-state index contributed by atoms with van der Waals surface area (Å²) in [5, 5.41) is 7.07. The molecule has 2 atom stereocenters. The van der Waals surface area contributed by atoms with Crippen LogP contribution < -0.4 is 20.1 Å². The van der Waals surface area contributed by atoms with Crippen molar-refractivity contribution in [1.29, 1.82) is 0 Å². The molecular formula is C29H36F4N2O5. The van der Waals surface area contributed by atoms with E-state index in [1.54, 1.807) is 7.11 Å². The highest BCUT2D eigenvalue weighted by Gasteiger charge is 2.46. The zero-order valence-electron chi connectivity index (χ0n) is 22.7. The Bertz CT molecular complexity index is 1130. The Morgan fingerprint density at radius 1 is 1.07 bits per heavy atom. The molecule has 0 bridgehead atoms. The summed E-state index contributed by atoms with van der Waals surface area (Å²) in [6.07, 6.45) is -1.39. The van der Waals surface area contributed by atoms with Crippen LogP contribution in [0.1, 0.15) is 56.1 Å². The van der Waals surface area contributed by atoms with E-state index in [1.165, 1.54) is 6.92 Å². The number of alkyl halides is 2. The molecule has 2 aromatic rings. The van der Waals surface area contributed by atoms with Gasteiger partial charge in [-0.2, -0.15) is 8.78 Å². The Hall–Kier alpha value is -2.89. The van der Waals surface area contributed by atoms with E-state index < -0.39 is 35.4 Å². The quantitative estimate of drug-likeness (QED) is 0.274. The van der Waals surface area contributed by atoms with Crippen LogP contribution in [0, 0.1) is 11.6 Å². The van der Waals surface area contributed by atoms with E-state index in [0.29, 0.717) is 38.4 Å². The first-order valence-corrected chi connectivity index (χ1v) is 13.6. The summed E-state index contributed by atoms with van der Waals surface area (Å²) in [6.45, 7) is 3.17. The summed E-state index contributed by atoms with van der Waals surface area (Å²) in [7, 11) is 1.64. The van der Waals surface area contributed by atoms with Crippen molar-refractivity contribution in [2.75, 3.05) is 26.9 Å². The minimum Gasteiger partial charge on any atom is -0.497 e. The first-order valence-electron chi connectivity index (χ1n) is 13.6. The van der Waals surface area contributed by atoms with Gasteiger partial charge in [0.1, 0.15) is 11.6 Å². The van der Waals surface area contributed by atoms with Gasteiger partial charge in [-0.15, -0.1) is 0 Å². The first kappa shape index (κ1) is 30.1. The van der Waals surface area contributed by atoms with Crippen LogP contribution in [0.4, 0.5) is 17.6 Å². The maximum atomic E-state index is 14.6. The first-order chi connectivity index (χ1) is 19.2. The molecule has 2 aromatic carbocycles. The van der Waals surface area contributed by atoms with E-state index >= 15 is 0 Å². The predicted octanol–water partition coefficient (Wildman–Crippen LogP) is 5.07. The molecule has 0 amide bonds. The van der Waals surface area contributed by atoms with Crippen LogP contribution in [0.5, 0.6) is 11.5 Å². The molecule has 2 aliphatic rings. The molecule has 1 saturated carbocycles. The fourth-order valence-electron chi connectivity index (χ4n) is 5.34. The van der Waals surface area contributed by atoms with Crippen molar-refractivity contribution in [3.05, 3.63) is 59.2 Å². The van der Waals surface area contributed by atoms with E-state index in [4.69, 9.17) is 9.47 Å². The normalized spacial score (nSPS) is 23.1. The number of carbonyl (C=O) groups is 1. The molecule has 220 valence electrons. The van der Waals surface area contributed by atoms with Gasteiger partial charge in [-0.25, -0.2) is 13.6 Å². The van der Waals surface area contributed by atoms with Crippen LogP contribution in [0.25, 0.3) is 0 Å². The van der Waals surface area contributed by atoms with Gasteiger partial charge in [0.25, 0.3) is 0 Å². The Labute approximate surface area is 231 Å². The van der Waals surface area contributed by atoms with E-state index in [9.17, 15) is 22.4 Å². The van der Waals surface area contributed by atoms with Gasteiger partial charge in [-0.3, -0.25) is 0 Å². The number of methoxy groups -OCH3 is 1. The fourth-order valence-corrected chi connectivity index (χ4v) is 5.34. The monoisotopic (exact) mass is 568 g/mol. The molecule has 0 radical (unpaired) electrons. The Morgan fingerprint density at radius 3 is 2.48 bits per heavy atom. The van der Waals surface area contributed by atoms with Gasteiger partial charge in [-0.1, -0.05) is 12.1 Å². The molecule has 11 heteroatoms. The van der Waals surface area contributed by atoms with Crippen LogP contribution in [-0.2, 0) is 20.8 Å². The largest absolute Gasteiger partial charge is 0.502 e. The van der Waals surface area contributed by atoms with Crippen molar-refractivity contribution in [1.82, 2.24) is 10.6 Å². The lowest BCUT2D eigenvalue weighted by molar-refractivity contribution is -0.217. The van der Waals surface area contributed by atoms with E-state index in [-0.39, 0.29) is 30.4 Å². The maximum Gasteiger partial charge on any atom is 0.502 e. The lowest BCUT2D eigenvalue weighted by Crippen LogP contribution is -2.44. The highest BCUT2D eigenvalue weighted by Crippen LogP contribution is 2.41. The summed E-state index contributed by atoms with van der Waals surface area (Å²) < 4.78 is 77.4. The second kappa shape index (κ2) is 13.6. The summed E-state index contributed by atoms with van der Waals surface area (Å²) in [5.74, 6) is -4.57. The molecule has 1 aliphatic heterocycles. The van der Waals surface area contributed by atoms with E-state index in [1.807, 2.05) is 24.3 Å². The molecule has 1 aliphatic carbocycles. The third kappa shape index (κ3) is 7.64. The number of hydrogen-bond donors (Lipinski definition) is 2. The average molecular weight is 569 g/mol. The molecule has 4 rings (SSSR count). The summed E-state index contributed by atoms with van der Waals surface area (Å²) in [5.41, 5.74) is 1.13. The molecule has 40 heavy (non-hydrogen) atoms. The van der Waals surface area contributed by atoms with Crippen LogP contribution in [-0.4, -0.2) is 57.1 Å². The summed E-state index contributed by atoms with van der Waals surface area (Å²) in [6, 6.07) is 9.75. The molecule has 0 spiro atoms. The zero-order chi connectivity index (χ0) is 28.7. The van der Waals surface area contributed by atoms with Crippen molar-refractivity contribution in [2.24, 2.45) is 0 Å². The molecule has 2 N–H and O–H groups in total. The van der Waals surface area contributed by atoms with Gasteiger partial charge >= 0.3 is 12.1 Å². The molecule has 2 unspecified atom stereocenters. The van der Waals surface area contributed by atoms with Crippen LogP contribution in [0.2, 0.25) is 0 Å². The van der Waals surface area contributed by atoms with Crippen LogP contribution in [0.15, 0.2) is 36.4 Å². The molecule has 1 saturated heterocycles. The van der Waals surface area contributed by atoms with Crippen molar-refractivity contribution < 1.29 is 41.3 Å². The van der Waals surface area contributed by atoms with E-state index in [2.05, 4.69) is 20.1 Å². The number of rotatable bonds is 12. The zero-order valence-corrected chi connectivity index (χ0v) is 22.7. The second-order valence-electron chi connectivity index (χ2n) is 10.1. The van der Waals surface area contributed by atoms with Gasteiger partial charge in [0.15, 0.2) is 11.6 Å². The van der Waals surface area contributed by atoms with Gasteiger partial charge in [-0.05, 0) is 75.3 Å². The third-order valence-electron chi connectivity index (χ3n) is 7.48. The lowest BCUT2D eigenvalue weighted by Gasteiger charge is -2.31. The number of carbonyl (C=O) groups excluding carboxylic acids is 1. The van der Waals surface area contributed by atoms with Crippen molar-refractivity contribution >= 4 is 5.97 Å². The molecule has 1 heterocycles. The van der Waals surface area contributed by atoms with Crippen LogP contribution in [0.3, 0.4) is 0 Å². The minimum absolute atomic E-state index is 0.0276. The van der Waals surface area contributed by atoms with Gasteiger partial charge in [0.2, 0.25) is 0 Å². The highest BCUT2D eigenvalue weighted by atomic mass is 19.3. The Balaban J connectivity index is 1.30. The standard InChI is InChI=1S/C29H36F4N2O5/c1-3-38-28(36)29(32,33)40-27-23(14-20(30)15-24(27)31)19-6-10-22(11-7-19)39-17-26-25(12-13-34-26)35-16-18-4-8-21(37-2)9-5-18/h4-5,8-9,14-15,19,22,25-26,34-35H,3,6-7,10-13,16-17H2,1-2H3. The van der Waals surface area contributed by atoms with Crippen molar-refractivity contribution in [3.63, 3.8) is 0 Å². The maximum absolute atomic E-state index is 14.6. The van der Waals surface area contributed by atoms with Crippen LogP contribution >= 0.6 is 0 Å². The third-order valence-corrected chi connectivity index (χ3v) is 7.48. The van der Waals surface area contributed by atoms with Crippen molar-refractivity contribution in [3.8, 4) is 11.5 Å². The summed E-state index contributed by atoms with van der Waals surface area (Å²) in [4.78, 5) is 11.6. The fraction of sp³-hybridized carbons (Fsp3) is 0.552. The molecular weight excluding hydrogens is 532 g/mol. The van der Waals surface area contributed by atoms with Gasteiger partial charge in [0.05, 0.1) is 26.4 Å². The molecule has 7 nitrogen and oxygen atoms in total. The lowest BCUT2D eigenvalue weighted by atomic mass is 9.82.